The molecule has 0 aliphatic heterocycles. The Labute approximate surface area is 200 Å². The van der Waals surface area contributed by atoms with Gasteiger partial charge in [0.05, 0.1) is 13.7 Å². The van der Waals surface area contributed by atoms with E-state index in [1.807, 2.05) is 30.3 Å². The molecule has 1 amide bonds. The van der Waals surface area contributed by atoms with Crippen molar-refractivity contribution in [3.05, 3.63) is 111 Å². The van der Waals surface area contributed by atoms with E-state index in [0.29, 0.717) is 28.8 Å². The van der Waals surface area contributed by atoms with Gasteiger partial charge in [0.2, 0.25) is 11.5 Å². The van der Waals surface area contributed by atoms with Gasteiger partial charge in [-0.05, 0) is 35.4 Å². The Kier molecular flexibility index (Phi) is 5.93. The number of carbonyl (C=O) groups excluding carboxylic acids is 1. The quantitative estimate of drug-likeness (QED) is 0.395. The largest absolute Gasteiger partial charge is 0.497 e. The van der Waals surface area contributed by atoms with Crippen molar-refractivity contribution in [2.45, 2.75) is 19.6 Å². The van der Waals surface area contributed by atoms with Gasteiger partial charge in [-0.1, -0.05) is 54.6 Å². The average molecular weight is 469 g/mol. The first kappa shape index (κ1) is 22.2. The van der Waals surface area contributed by atoms with E-state index < -0.39 is 11.2 Å². The third kappa shape index (κ3) is 4.33. The number of rotatable bonds is 7. The minimum absolute atomic E-state index is 0.0281. The molecule has 0 spiro atoms. The summed E-state index contributed by atoms with van der Waals surface area (Å²) in [5.74, 6) is 0.318. The van der Waals surface area contributed by atoms with E-state index >= 15 is 0 Å². The lowest BCUT2D eigenvalue weighted by atomic mass is 10.2. The van der Waals surface area contributed by atoms with E-state index in [1.54, 1.807) is 55.6 Å². The van der Waals surface area contributed by atoms with Gasteiger partial charge in [-0.3, -0.25) is 18.7 Å². The van der Waals surface area contributed by atoms with Crippen molar-refractivity contribution in [1.82, 2.24) is 14.5 Å². The smallest absolute Gasteiger partial charge is 0.332 e. The summed E-state index contributed by atoms with van der Waals surface area (Å²) in [6, 6.07) is 23.7. The number of methoxy groups -OCH3 is 1. The standard InChI is InChI=1S/C27H23N3O5/c1-34-20-13-11-19(12-14-20)16-30-26(32)25-24(21-9-5-6-10-22(21)35-25)29(27(30)33)17-23(31)28-15-18-7-3-2-4-8-18/h2-14H,15-17H2,1H3,(H,28,31). The summed E-state index contributed by atoms with van der Waals surface area (Å²) in [6.07, 6.45) is 0. The summed E-state index contributed by atoms with van der Waals surface area (Å²) in [7, 11) is 1.57. The van der Waals surface area contributed by atoms with E-state index in [-0.39, 0.29) is 24.6 Å². The van der Waals surface area contributed by atoms with Crippen molar-refractivity contribution in [3.63, 3.8) is 0 Å². The molecular formula is C27H23N3O5. The number of fused-ring (bicyclic) bond motifs is 3. The van der Waals surface area contributed by atoms with Gasteiger partial charge in [-0.2, -0.15) is 0 Å². The number of aromatic nitrogens is 2. The third-order valence-corrected chi connectivity index (χ3v) is 5.87. The lowest BCUT2D eigenvalue weighted by Crippen LogP contribution is -2.42. The second-order valence-corrected chi connectivity index (χ2v) is 8.15. The molecule has 2 aromatic heterocycles. The Balaban J connectivity index is 1.58. The number of para-hydroxylation sites is 1. The fourth-order valence-electron chi connectivity index (χ4n) is 4.09. The molecule has 0 aliphatic rings. The maximum atomic E-state index is 13.6. The lowest BCUT2D eigenvalue weighted by molar-refractivity contribution is -0.121. The van der Waals surface area contributed by atoms with E-state index in [1.165, 1.54) is 4.57 Å². The highest BCUT2D eigenvalue weighted by molar-refractivity contribution is 6.02. The fourth-order valence-corrected chi connectivity index (χ4v) is 4.09. The molecule has 0 bridgehead atoms. The molecule has 3 aromatic carbocycles. The van der Waals surface area contributed by atoms with Gasteiger partial charge in [0.15, 0.2) is 0 Å². The monoisotopic (exact) mass is 469 g/mol. The van der Waals surface area contributed by atoms with Gasteiger partial charge in [0, 0.05) is 11.9 Å². The number of benzene rings is 3. The molecule has 35 heavy (non-hydrogen) atoms. The van der Waals surface area contributed by atoms with Crippen molar-refractivity contribution < 1.29 is 13.9 Å². The van der Waals surface area contributed by atoms with Crippen LogP contribution in [0.25, 0.3) is 22.1 Å². The Morgan fingerprint density at radius 3 is 2.34 bits per heavy atom. The van der Waals surface area contributed by atoms with Crippen LogP contribution in [0.5, 0.6) is 5.75 Å². The van der Waals surface area contributed by atoms with Crippen LogP contribution in [0.3, 0.4) is 0 Å². The predicted octanol–water partition coefficient (Wildman–Crippen LogP) is 3.28. The maximum absolute atomic E-state index is 13.6. The molecule has 0 saturated carbocycles. The van der Waals surface area contributed by atoms with E-state index in [4.69, 9.17) is 9.15 Å². The Morgan fingerprint density at radius 1 is 0.886 bits per heavy atom. The van der Waals surface area contributed by atoms with Crippen molar-refractivity contribution in [1.29, 1.82) is 0 Å². The predicted molar refractivity (Wildman–Crippen MR) is 133 cm³/mol. The molecule has 0 fully saturated rings. The van der Waals surface area contributed by atoms with Gasteiger partial charge in [0.1, 0.15) is 23.4 Å². The summed E-state index contributed by atoms with van der Waals surface area (Å²) in [6.45, 7) is 0.101. The second kappa shape index (κ2) is 9.34. The molecule has 5 rings (SSSR count). The minimum Gasteiger partial charge on any atom is -0.497 e. The highest BCUT2D eigenvalue weighted by Gasteiger charge is 2.21. The van der Waals surface area contributed by atoms with Crippen molar-refractivity contribution in [2.24, 2.45) is 0 Å². The molecule has 1 N–H and O–H groups in total. The summed E-state index contributed by atoms with van der Waals surface area (Å²) in [5, 5.41) is 3.45. The first-order valence-corrected chi connectivity index (χ1v) is 11.1. The van der Waals surface area contributed by atoms with E-state index in [2.05, 4.69) is 5.32 Å². The molecule has 0 aliphatic carbocycles. The zero-order chi connectivity index (χ0) is 24.4. The van der Waals surface area contributed by atoms with Crippen molar-refractivity contribution >= 4 is 28.0 Å². The topological polar surface area (TPSA) is 95.5 Å². The molecule has 8 heteroatoms. The number of amides is 1. The van der Waals surface area contributed by atoms with Gasteiger partial charge >= 0.3 is 5.69 Å². The summed E-state index contributed by atoms with van der Waals surface area (Å²) < 4.78 is 13.4. The number of nitrogens with zero attached hydrogens (tertiary/aromatic N) is 2. The molecule has 2 heterocycles. The van der Waals surface area contributed by atoms with Crippen LogP contribution in [0.2, 0.25) is 0 Å². The fraction of sp³-hybridized carbons (Fsp3) is 0.148. The van der Waals surface area contributed by atoms with Gasteiger partial charge in [0.25, 0.3) is 5.56 Å². The zero-order valence-corrected chi connectivity index (χ0v) is 19.1. The molecule has 0 unspecified atom stereocenters. The summed E-state index contributed by atoms with van der Waals surface area (Å²) in [4.78, 5) is 39.7. The third-order valence-electron chi connectivity index (χ3n) is 5.87. The van der Waals surface area contributed by atoms with Crippen LogP contribution >= 0.6 is 0 Å². The first-order valence-electron chi connectivity index (χ1n) is 11.1. The van der Waals surface area contributed by atoms with Crippen LogP contribution in [0.4, 0.5) is 0 Å². The SMILES string of the molecule is COc1ccc(Cn2c(=O)c3oc4ccccc4c3n(CC(=O)NCc3ccccc3)c2=O)cc1. The van der Waals surface area contributed by atoms with Crippen LogP contribution in [0.1, 0.15) is 11.1 Å². The first-order chi connectivity index (χ1) is 17.0. The second-order valence-electron chi connectivity index (χ2n) is 8.15. The number of furan rings is 1. The number of hydrogen-bond donors (Lipinski definition) is 1. The number of nitrogens with one attached hydrogen (secondary N) is 1. The van der Waals surface area contributed by atoms with E-state index in [9.17, 15) is 14.4 Å². The summed E-state index contributed by atoms with van der Waals surface area (Å²) >= 11 is 0. The number of ether oxygens (including phenoxy) is 1. The molecule has 5 aromatic rings. The van der Waals surface area contributed by atoms with Gasteiger partial charge in [-0.25, -0.2) is 4.79 Å². The van der Waals surface area contributed by atoms with Crippen LogP contribution in [-0.4, -0.2) is 22.2 Å². The van der Waals surface area contributed by atoms with Crippen molar-refractivity contribution in [3.8, 4) is 5.75 Å². The number of hydrogen-bond acceptors (Lipinski definition) is 5. The van der Waals surface area contributed by atoms with Gasteiger partial charge in [-0.15, -0.1) is 0 Å². The van der Waals surface area contributed by atoms with Gasteiger partial charge < -0.3 is 14.5 Å². The molecule has 176 valence electrons. The van der Waals surface area contributed by atoms with E-state index in [0.717, 1.165) is 15.7 Å². The van der Waals surface area contributed by atoms with Crippen LogP contribution < -0.4 is 21.3 Å². The highest BCUT2D eigenvalue weighted by Crippen LogP contribution is 2.25. The van der Waals surface area contributed by atoms with Crippen LogP contribution in [0.15, 0.2) is 92.9 Å². The molecular weight excluding hydrogens is 446 g/mol. The summed E-state index contributed by atoms with van der Waals surface area (Å²) in [5.41, 5.74) is 1.38. The molecule has 8 nitrogen and oxygen atoms in total. The normalized spacial score (nSPS) is 11.1. The molecule has 0 atom stereocenters. The van der Waals surface area contributed by atoms with Crippen molar-refractivity contribution in [2.75, 3.05) is 7.11 Å². The lowest BCUT2D eigenvalue weighted by Gasteiger charge is -2.12. The Hall–Kier alpha value is -4.59. The van der Waals surface area contributed by atoms with Crippen LogP contribution in [-0.2, 0) is 24.4 Å². The number of carbonyl (C=O) groups is 1. The maximum Gasteiger partial charge on any atom is 0.332 e. The molecule has 0 radical (unpaired) electrons. The Bertz CT molecular complexity index is 1630. The van der Waals surface area contributed by atoms with Crippen LogP contribution in [0, 0.1) is 0 Å². The highest BCUT2D eigenvalue weighted by atomic mass is 16.5. The Morgan fingerprint density at radius 2 is 1.60 bits per heavy atom. The minimum atomic E-state index is -0.584. The zero-order valence-electron chi connectivity index (χ0n) is 19.1. The average Bonchev–Trinajstić information content (AvgIpc) is 3.28. The molecule has 0 saturated heterocycles.